The highest BCUT2D eigenvalue weighted by Crippen LogP contribution is 2.30. The standard InChI is InChI=1S/C15H21NO4/c1-5-9-20-14(19)16-11-8-6-7-10(15(2,3)4)12(11)13(17)18/h6-8H,5,9H2,1-4H3,(H,16,19)(H,17,18). The molecule has 20 heavy (non-hydrogen) atoms. The minimum absolute atomic E-state index is 0.105. The molecule has 0 atom stereocenters. The van der Waals surface area contributed by atoms with Crippen molar-refractivity contribution in [3.63, 3.8) is 0 Å². The number of rotatable bonds is 4. The first-order chi connectivity index (χ1) is 9.27. The first-order valence-corrected chi connectivity index (χ1v) is 6.58. The Balaban J connectivity index is 3.14. The number of carbonyl (C=O) groups is 2. The second kappa shape index (κ2) is 6.41. The fourth-order valence-corrected chi connectivity index (χ4v) is 1.85. The molecule has 5 heteroatoms. The first kappa shape index (κ1) is 16.0. The molecule has 1 amide bonds. The minimum atomic E-state index is -1.07. The van der Waals surface area contributed by atoms with Gasteiger partial charge in [-0.25, -0.2) is 9.59 Å². The largest absolute Gasteiger partial charge is 0.478 e. The number of carboxylic acids is 1. The average molecular weight is 279 g/mol. The first-order valence-electron chi connectivity index (χ1n) is 6.58. The van der Waals surface area contributed by atoms with E-state index >= 15 is 0 Å². The van der Waals surface area contributed by atoms with Gasteiger partial charge in [-0.15, -0.1) is 0 Å². The zero-order valence-electron chi connectivity index (χ0n) is 12.3. The Morgan fingerprint density at radius 2 is 1.95 bits per heavy atom. The molecule has 2 N–H and O–H groups in total. The van der Waals surface area contributed by atoms with E-state index < -0.39 is 12.1 Å². The third-order valence-corrected chi connectivity index (χ3v) is 2.76. The molecule has 1 aromatic rings. The fraction of sp³-hybridized carbons (Fsp3) is 0.467. The van der Waals surface area contributed by atoms with E-state index in [9.17, 15) is 14.7 Å². The molecule has 5 nitrogen and oxygen atoms in total. The number of amides is 1. The van der Waals surface area contributed by atoms with Gasteiger partial charge >= 0.3 is 12.1 Å². The summed E-state index contributed by atoms with van der Waals surface area (Å²) in [6, 6.07) is 5.04. The molecule has 0 fully saturated rings. The van der Waals surface area contributed by atoms with Crippen LogP contribution in [-0.4, -0.2) is 23.8 Å². The van der Waals surface area contributed by atoms with Gasteiger partial charge in [0.1, 0.15) is 0 Å². The van der Waals surface area contributed by atoms with E-state index in [0.29, 0.717) is 18.6 Å². The van der Waals surface area contributed by atoms with Crippen LogP contribution in [0.2, 0.25) is 0 Å². The van der Waals surface area contributed by atoms with Gasteiger partial charge in [-0.1, -0.05) is 39.8 Å². The van der Waals surface area contributed by atoms with E-state index in [0.717, 1.165) is 0 Å². The predicted octanol–water partition coefficient (Wildman–Crippen LogP) is 3.64. The lowest BCUT2D eigenvalue weighted by Crippen LogP contribution is -2.21. The zero-order valence-corrected chi connectivity index (χ0v) is 12.3. The molecule has 0 aliphatic rings. The number of nitrogens with one attached hydrogen (secondary N) is 1. The van der Waals surface area contributed by atoms with E-state index in [1.54, 1.807) is 18.2 Å². The third kappa shape index (κ3) is 3.98. The highest BCUT2D eigenvalue weighted by molar-refractivity contribution is 6.00. The summed E-state index contributed by atoms with van der Waals surface area (Å²) in [5.41, 5.74) is 0.691. The molecule has 0 aromatic heterocycles. The molecule has 0 unspecified atom stereocenters. The maximum atomic E-state index is 11.6. The number of benzene rings is 1. The Labute approximate surface area is 118 Å². The highest BCUT2D eigenvalue weighted by Gasteiger charge is 2.24. The van der Waals surface area contributed by atoms with Crippen LogP contribution >= 0.6 is 0 Å². The molecule has 0 aliphatic heterocycles. The number of carbonyl (C=O) groups excluding carboxylic acids is 1. The molecule has 0 radical (unpaired) electrons. The minimum Gasteiger partial charge on any atom is -0.478 e. The van der Waals surface area contributed by atoms with Crippen molar-refractivity contribution in [3.05, 3.63) is 29.3 Å². The van der Waals surface area contributed by atoms with Crippen molar-refractivity contribution in [2.24, 2.45) is 0 Å². The summed E-state index contributed by atoms with van der Waals surface area (Å²) in [4.78, 5) is 23.1. The van der Waals surface area contributed by atoms with Crippen LogP contribution in [0.5, 0.6) is 0 Å². The maximum Gasteiger partial charge on any atom is 0.411 e. The van der Waals surface area contributed by atoms with Crippen molar-refractivity contribution in [1.29, 1.82) is 0 Å². The lowest BCUT2D eigenvalue weighted by atomic mass is 9.83. The normalized spacial score (nSPS) is 11.0. The van der Waals surface area contributed by atoms with Crippen LogP contribution in [0.4, 0.5) is 10.5 Å². The molecule has 0 heterocycles. The summed E-state index contributed by atoms with van der Waals surface area (Å²) in [5, 5.41) is 11.9. The van der Waals surface area contributed by atoms with Gasteiger partial charge in [0.2, 0.25) is 0 Å². The summed E-state index contributed by atoms with van der Waals surface area (Å²) >= 11 is 0. The molecule has 0 saturated heterocycles. The van der Waals surface area contributed by atoms with Crippen LogP contribution < -0.4 is 5.32 Å². The zero-order chi connectivity index (χ0) is 15.3. The Morgan fingerprint density at radius 1 is 1.30 bits per heavy atom. The Bertz CT molecular complexity index is 503. The predicted molar refractivity (Wildman–Crippen MR) is 77.4 cm³/mol. The number of carboxylic acid groups (broad SMARTS) is 1. The van der Waals surface area contributed by atoms with Crippen LogP contribution in [-0.2, 0) is 10.2 Å². The molecule has 0 spiro atoms. The van der Waals surface area contributed by atoms with Gasteiger partial charge in [-0.05, 0) is 23.5 Å². The summed E-state index contributed by atoms with van der Waals surface area (Å²) < 4.78 is 4.91. The molecule has 0 aliphatic carbocycles. The highest BCUT2D eigenvalue weighted by atomic mass is 16.5. The average Bonchev–Trinajstić information content (AvgIpc) is 2.34. The van der Waals surface area contributed by atoms with Crippen molar-refractivity contribution in [1.82, 2.24) is 0 Å². The van der Waals surface area contributed by atoms with E-state index in [1.165, 1.54) is 0 Å². The number of hydrogen-bond acceptors (Lipinski definition) is 3. The molecule has 110 valence electrons. The van der Waals surface area contributed by atoms with Gasteiger partial charge in [-0.2, -0.15) is 0 Å². The van der Waals surface area contributed by atoms with Gasteiger partial charge in [0.25, 0.3) is 0 Å². The summed E-state index contributed by atoms with van der Waals surface area (Å²) in [5.74, 6) is -1.07. The fourth-order valence-electron chi connectivity index (χ4n) is 1.85. The second-order valence-corrected chi connectivity index (χ2v) is 5.54. The Hall–Kier alpha value is -2.04. The maximum absolute atomic E-state index is 11.6. The van der Waals surface area contributed by atoms with E-state index in [2.05, 4.69) is 5.32 Å². The second-order valence-electron chi connectivity index (χ2n) is 5.54. The van der Waals surface area contributed by atoms with Gasteiger partial charge in [0.05, 0.1) is 17.9 Å². The van der Waals surface area contributed by atoms with Crippen molar-refractivity contribution in [2.45, 2.75) is 39.5 Å². The van der Waals surface area contributed by atoms with E-state index in [4.69, 9.17) is 4.74 Å². The molecular formula is C15H21NO4. The lowest BCUT2D eigenvalue weighted by molar-refractivity contribution is 0.0695. The summed E-state index contributed by atoms with van der Waals surface area (Å²) in [6.45, 7) is 7.96. The van der Waals surface area contributed by atoms with Gasteiger partial charge in [0, 0.05) is 0 Å². The van der Waals surface area contributed by atoms with Crippen LogP contribution in [0.3, 0.4) is 0 Å². The number of ether oxygens (including phenoxy) is 1. The quantitative estimate of drug-likeness (QED) is 0.882. The molecule has 0 bridgehead atoms. The monoisotopic (exact) mass is 279 g/mol. The van der Waals surface area contributed by atoms with Gasteiger partial charge in [-0.3, -0.25) is 5.32 Å². The lowest BCUT2D eigenvalue weighted by Gasteiger charge is -2.23. The summed E-state index contributed by atoms with van der Waals surface area (Å²) in [6.07, 6.45) is 0.0711. The van der Waals surface area contributed by atoms with Crippen molar-refractivity contribution < 1.29 is 19.4 Å². The van der Waals surface area contributed by atoms with E-state index in [1.807, 2.05) is 27.7 Å². The molecule has 0 saturated carbocycles. The molecule has 1 aromatic carbocycles. The SMILES string of the molecule is CCCOC(=O)Nc1cccc(C(C)(C)C)c1C(=O)O. The van der Waals surface area contributed by atoms with Crippen LogP contribution in [0.25, 0.3) is 0 Å². The van der Waals surface area contributed by atoms with Gasteiger partial charge in [0.15, 0.2) is 0 Å². The van der Waals surface area contributed by atoms with Crippen LogP contribution in [0.15, 0.2) is 18.2 Å². The van der Waals surface area contributed by atoms with Crippen LogP contribution in [0, 0.1) is 0 Å². The number of aromatic carboxylic acids is 1. The summed E-state index contributed by atoms with van der Waals surface area (Å²) in [7, 11) is 0. The van der Waals surface area contributed by atoms with Crippen molar-refractivity contribution >= 4 is 17.7 Å². The molecular weight excluding hydrogens is 258 g/mol. The Kier molecular flexibility index (Phi) is 5.13. The van der Waals surface area contributed by atoms with Crippen LogP contribution in [0.1, 0.15) is 50.0 Å². The Morgan fingerprint density at radius 3 is 2.45 bits per heavy atom. The van der Waals surface area contributed by atoms with E-state index in [-0.39, 0.29) is 16.7 Å². The topological polar surface area (TPSA) is 75.6 Å². The smallest absolute Gasteiger partial charge is 0.411 e. The number of hydrogen-bond donors (Lipinski definition) is 2. The third-order valence-electron chi connectivity index (χ3n) is 2.76. The van der Waals surface area contributed by atoms with Gasteiger partial charge < -0.3 is 9.84 Å². The van der Waals surface area contributed by atoms with Crippen molar-refractivity contribution in [2.75, 3.05) is 11.9 Å². The van der Waals surface area contributed by atoms with Crippen molar-refractivity contribution in [3.8, 4) is 0 Å². The number of anilines is 1. The molecule has 1 rings (SSSR count).